The van der Waals surface area contributed by atoms with Crippen molar-refractivity contribution in [3.8, 4) is 17.0 Å². The van der Waals surface area contributed by atoms with Gasteiger partial charge in [-0.05, 0) is 42.5 Å². The van der Waals surface area contributed by atoms with E-state index in [0.29, 0.717) is 22.6 Å². The fraction of sp³-hybridized carbons (Fsp3) is 0.136. The Labute approximate surface area is 179 Å². The zero-order valence-corrected chi connectivity index (χ0v) is 18.0. The number of benzene rings is 2. The maximum atomic E-state index is 13.0. The van der Waals surface area contributed by atoms with Gasteiger partial charge in [-0.25, -0.2) is 18.4 Å². The number of ketones is 1. The first-order valence-electron chi connectivity index (χ1n) is 9.35. The normalized spacial score (nSPS) is 11.5. The van der Waals surface area contributed by atoms with E-state index < -0.39 is 10.0 Å². The Bertz CT molecular complexity index is 1380. The van der Waals surface area contributed by atoms with Crippen LogP contribution in [-0.4, -0.2) is 49.0 Å². The summed E-state index contributed by atoms with van der Waals surface area (Å²) in [4.78, 5) is 21.7. The lowest BCUT2D eigenvalue weighted by atomic mass is 10.1. The highest BCUT2D eigenvalue weighted by Gasteiger charge is 2.19. The Balaban J connectivity index is 1.77. The molecule has 0 unspecified atom stereocenters. The summed E-state index contributed by atoms with van der Waals surface area (Å²) in [5.41, 5.74) is 3.15. The molecular formula is C22H20N4O4S. The first kappa shape index (κ1) is 20.5. The van der Waals surface area contributed by atoms with Gasteiger partial charge in [0.05, 0.1) is 24.7 Å². The summed E-state index contributed by atoms with van der Waals surface area (Å²) in [5.74, 6) is 0.408. The van der Waals surface area contributed by atoms with Crippen LogP contribution in [0.2, 0.25) is 0 Å². The van der Waals surface area contributed by atoms with Crippen LogP contribution in [0.5, 0.6) is 5.75 Å². The number of anilines is 1. The largest absolute Gasteiger partial charge is 0.497 e. The van der Waals surface area contributed by atoms with Gasteiger partial charge in [-0.2, -0.15) is 0 Å². The van der Waals surface area contributed by atoms with Gasteiger partial charge in [0, 0.05) is 24.4 Å². The van der Waals surface area contributed by atoms with Gasteiger partial charge in [-0.3, -0.25) is 13.5 Å². The van der Waals surface area contributed by atoms with Crippen molar-refractivity contribution in [2.45, 2.75) is 0 Å². The molecule has 0 spiro atoms. The van der Waals surface area contributed by atoms with Crippen molar-refractivity contribution in [2.24, 2.45) is 0 Å². The van der Waals surface area contributed by atoms with Gasteiger partial charge in [-0.1, -0.05) is 12.1 Å². The minimum absolute atomic E-state index is 0.233. The second kappa shape index (κ2) is 7.84. The minimum Gasteiger partial charge on any atom is -0.497 e. The number of hydrogen-bond donors (Lipinski definition) is 0. The number of carbonyl (C=O) groups is 1. The fourth-order valence-electron chi connectivity index (χ4n) is 3.23. The van der Waals surface area contributed by atoms with E-state index in [9.17, 15) is 13.2 Å². The molecule has 9 heteroatoms. The van der Waals surface area contributed by atoms with Crippen LogP contribution in [0, 0.1) is 0 Å². The van der Waals surface area contributed by atoms with Crippen molar-refractivity contribution in [1.29, 1.82) is 0 Å². The van der Waals surface area contributed by atoms with Gasteiger partial charge in [0.1, 0.15) is 12.1 Å². The molecule has 2 heterocycles. The molecule has 0 aliphatic rings. The molecule has 0 saturated carbocycles. The van der Waals surface area contributed by atoms with E-state index in [1.807, 2.05) is 6.07 Å². The van der Waals surface area contributed by atoms with E-state index in [1.54, 1.807) is 72.6 Å². The molecular weight excluding hydrogens is 416 g/mol. The number of fused-ring (bicyclic) bond motifs is 1. The topological polar surface area (TPSA) is 93.9 Å². The quantitative estimate of drug-likeness (QED) is 0.431. The fourth-order valence-corrected chi connectivity index (χ4v) is 3.72. The molecule has 4 aromatic rings. The summed E-state index contributed by atoms with van der Waals surface area (Å²) < 4.78 is 31.9. The smallest absolute Gasteiger partial charge is 0.231 e. The predicted octanol–water partition coefficient (Wildman–Crippen LogP) is 3.03. The lowest BCUT2D eigenvalue weighted by Gasteiger charge is -2.17. The molecule has 31 heavy (non-hydrogen) atoms. The number of carbonyl (C=O) groups excluding carboxylic acids is 1. The highest BCUT2D eigenvalue weighted by atomic mass is 32.2. The Kier molecular flexibility index (Phi) is 5.20. The molecule has 158 valence electrons. The van der Waals surface area contributed by atoms with Crippen molar-refractivity contribution in [2.75, 3.05) is 24.7 Å². The number of nitrogens with zero attached hydrogens (tertiary/aromatic N) is 4. The highest BCUT2D eigenvalue weighted by molar-refractivity contribution is 7.92. The van der Waals surface area contributed by atoms with E-state index in [-0.39, 0.29) is 11.5 Å². The molecule has 0 aliphatic heterocycles. The van der Waals surface area contributed by atoms with E-state index in [0.717, 1.165) is 17.5 Å². The molecule has 0 N–H and O–H groups in total. The number of aromatic nitrogens is 3. The van der Waals surface area contributed by atoms with Crippen LogP contribution >= 0.6 is 0 Å². The minimum atomic E-state index is -3.39. The predicted molar refractivity (Wildman–Crippen MR) is 118 cm³/mol. The number of ether oxygens (including phenoxy) is 1. The molecule has 0 saturated heterocycles. The molecule has 2 aromatic heterocycles. The Morgan fingerprint density at radius 1 is 1.06 bits per heavy atom. The van der Waals surface area contributed by atoms with Crippen LogP contribution in [0.3, 0.4) is 0 Å². The average Bonchev–Trinajstić information content (AvgIpc) is 3.22. The number of rotatable bonds is 6. The maximum absolute atomic E-state index is 13.0. The number of sulfonamides is 1. The molecule has 0 amide bonds. The lowest BCUT2D eigenvalue weighted by Crippen LogP contribution is -2.24. The van der Waals surface area contributed by atoms with Crippen LogP contribution in [-0.2, 0) is 10.0 Å². The van der Waals surface area contributed by atoms with E-state index in [2.05, 4.69) is 9.97 Å². The zero-order chi connectivity index (χ0) is 22.2. The van der Waals surface area contributed by atoms with Crippen molar-refractivity contribution >= 4 is 27.1 Å². The van der Waals surface area contributed by atoms with E-state index in [4.69, 9.17) is 4.74 Å². The van der Waals surface area contributed by atoms with Crippen molar-refractivity contribution in [3.63, 3.8) is 0 Å². The van der Waals surface area contributed by atoms with E-state index in [1.165, 1.54) is 11.4 Å². The molecule has 8 nitrogen and oxygen atoms in total. The molecule has 0 aliphatic carbocycles. The SMILES string of the molecule is COc1ccc(C(=O)c2ncn3c(-c4cccc(N(C)S(C)(=O)=O)c4)ccnc23)cc1. The number of hydrogen-bond acceptors (Lipinski definition) is 6. The zero-order valence-electron chi connectivity index (χ0n) is 17.2. The summed E-state index contributed by atoms with van der Waals surface area (Å²) in [6, 6.07) is 15.7. The maximum Gasteiger partial charge on any atom is 0.231 e. The Morgan fingerprint density at radius 3 is 2.48 bits per heavy atom. The third kappa shape index (κ3) is 3.87. The second-order valence-corrected chi connectivity index (χ2v) is 8.97. The summed E-state index contributed by atoms with van der Waals surface area (Å²) >= 11 is 0. The first-order chi connectivity index (χ1) is 14.8. The Hall–Kier alpha value is -3.72. The third-order valence-electron chi connectivity index (χ3n) is 5.00. The molecule has 4 rings (SSSR count). The van der Waals surface area contributed by atoms with Gasteiger partial charge in [0.2, 0.25) is 15.8 Å². The first-order valence-corrected chi connectivity index (χ1v) is 11.2. The Morgan fingerprint density at radius 2 is 1.81 bits per heavy atom. The standard InChI is InChI=1S/C22H20N4O4S/c1-25(31(3,28)29)17-6-4-5-16(13-17)19-11-12-23-22-20(24-14-26(19)22)21(27)15-7-9-18(30-2)10-8-15/h4-14H,1-3H3. The molecule has 0 bridgehead atoms. The van der Waals surface area contributed by atoms with Crippen molar-refractivity contribution in [3.05, 3.63) is 78.4 Å². The highest BCUT2D eigenvalue weighted by Crippen LogP contribution is 2.27. The van der Waals surface area contributed by atoms with Gasteiger partial charge >= 0.3 is 0 Å². The van der Waals surface area contributed by atoms with Gasteiger partial charge in [0.25, 0.3) is 0 Å². The summed E-state index contributed by atoms with van der Waals surface area (Å²) in [6.45, 7) is 0. The van der Waals surface area contributed by atoms with Gasteiger partial charge < -0.3 is 4.74 Å². The lowest BCUT2D eigenvalue weighted by molar-refractivity contribution is 0.103. The average molecular weight is 436 g/mol. The van der Waals surface area contributed by atoms with Crippen LogP contribution in [0.4, 0.5) is 5.69 Å². The summed E-state index contributed by atoms with van der Waals surface area (Å²) in [6.07, 6.45) is 4.29. The third-order valence-corrected chi connectivity index (χ3v) is 6.21. The molecule has 0 atom stereocenters. The van der Waals surface area contributed by atoms with Crippen molar-refractivity contribution in [1.82, 2.24) is 14.4 Å². The van der Waals surface area contributed by atoms with Crippen LogP contribution in [0.25, 0.3) is 16.9 Å². The van der Waals surface area contributed by atoms with Crippen LogP contribution < -0.4 is 9.04 Å². The van der Waals surface area contributed by atoms with Crippen molar-refractivity contribution < 1.29 is 17.9 Å². The van der Waals surface area contributed by atoms with Crippen LogP contribution in [0.1, 0.15) is 16.1 Å². The summed E-state index contributed by atoms with van der Waals surface area (Å²) in [5, 5.41) is 0. The number of methoxy groups -OCH3 is 1. The monoisotopic (exact) mass is 436 g/mol. The summed E-state index contributed by atoms with van der Waals surface area (Å²) in [7, 11) is -0.329. The molecule has 2 aromatic carbocycles. The van der Waals surface area contributed by atoms with E-state index >= 15 is 0 Å². The molecule has 0 fully saturated rings. The second-order valence-electron chi connectivity index (χ2n) is 6.96. The van der Waals surface area contributed by atoms with Crippen LogP contribution in [0.15, 0.2) is 67.1 Å². The number of imidazole rings is 1. The van der Waals surface area contributed by atoms with Gasteiger partial charge in [-0.15, -0.1) is 0 Å². The molecule has 0 radical (unpaired) electrons. The van der Waals surface area contributed by atoms with Gasteiger partial charge in [0.15, 0.2) is 11.3 Å².